The number of para-hydroxylation sites is 3. The summed E-state index contributed by atoms with van der Waals surface area (Å²) in [5.74, 6) is 0.296. The van der Waals surface area contributed by atoms with E-state index in [1.807, 2.05) is 23.1 Å². The van der Waals surface area contributed by atoms with Crippen LogP contribution in [-0.2, 0) is 0 Å². The molecule has 1 aliphatic carbocycles. The molecule has 0 radical (unpaired) electrons. The maximum atomic E-state index is 2.59. The van der Waals surface area contributed by atoms with Gasteiger partial charge in [0, 0.05) is 63.9 Å². The molecule has 0 amide bonds. The molecule has 7 aromatic carbocycles. The zero-order chi connectivity index (χ0) is 33.9. The SMILES string of the molecule is C1=C2Sc3cccc(-c4ccc5c(c4)sc4ccccc45)c3C2CC(n2c3ccccc3c3ccc4c5ccccc5n(-c5ccccc5)c4c32)=C1. The predicted molar refractivity (Wildman–Crippen MR) is 224 cm³/mol. The second-order valence-corrected chi connectivity index (χ2v) is 16.2. The average Bonchev–Trinajstić information content (AvgIpc) is 3.95. The first kappa shape index (κ1) is 28.8. The van der Waals surface area contributed by atoms with E-state index in [9.17, 15) is 0 Å². The van der Waals surface area contributed by atoms with Crippen LogP contribution in [0.3, 0.4) is 0 Å². The van der Waals surface area contributed by atoms with Crippen molar-refractivity contribution in [1.82, 2.24) is 9.13 Å². The molecule has 3 aromatic heterocycles. The van der Waals surface area contributed by atoms with Crippen molar-refractivity contribution in [3.63, 3.8) is 0 Å². The predicted octanol–water partition coefficient (Wildman–Crippen LogP) is 13.9. The molecule has 0 saturated heterocycles. The first-order valence-electron chi connectivity index (χ1n) is 17.9. The van der Waals surface area contributed by atoms with Crippen LogP contribution in [0.25, 0.3) is 86.3 Å². The van der Waals surface area contributed by atoms with Gasteiger partial charge in [-0.3, -0.25) is 0 Å². The quantitative estimate of drug-likeness (QED) is 0.179. The molecule has 1 atom stereocenters. The van der Waals surface area contributed by atoms with E-state index in [-0.39, 0.29) is 0 Å². The highest BCUT2D eigenvalue weighted by Crippen LogP contribution is 2.57. The van der Waals surface area contributed by atoms with Crippen molar-refractivity contribution < 1.29 is 0 Å². The number of allylic oxidation sites excluding steroid dienone is 4. The summed E-state index contributed by atoms with van der Waals surface area (Å²) in [6, 6.07) is 56.2. The van der Waals surface area contributed by atoms with Gasteiger partial charge in [0.25, 0.3) is 0 Å². The monoisotopic (exact) mass is 698 g/mol. The Morgan fingerprint density at radius 2 is 1.15 bits per heavy atom. The first-order chi connectivity index (χ1) is 25.8. The van der Waals surface area contributed by atoms with Crippen molar-refractivity contribution in [3.05, 3.63) is 174 Å². The van der Waals surface area contributed by atoms with E-state index < -0.39 is 0 Å². The molecule has 2 nitrogen and oxygen atoms in total. The van der Waals surface area contributed by atoms with E-state index in [2.05, 4.69) is 173 Å². The second kappa shape index (κ2) is 10.8. The van der Waals surface area contributed by atoms with Crippen molar-refractivity contribution in [2.45, 2.75) is 17.2 Å². The van der Waals surface area contributed by atoms with Crippen molar-refractivity contribution in [2.75, 3.05) is 0 Å². The lowest BCUT2D eigenvalue weighted by Crippen LogP contribution is -2.08. The number of thiophene rings is 1. The Balaban J connectivity index is 1.07. The molecule has 52 heavy (non-hydrogen) atoms. The molecule has 4 heteroatoms. The third-order valence-corrected chi connectivity index (χ3v) is 13.7. The fourth-order valence-electron chi connectivity index (χ4n) is 9.10. The van der Waals surface area contributed by atoms with Crippen molar-refractivity contribution in [2.24, 2.45) is 0 Å². The Hall–Kier alpha value is -5.81. The van der Waals surface area contributed by atoms with E-state index in [4.69, 9.17) is 0 Å². The topological polar surface area (TPSA) is 9.86 Å². The van der Waals surface area contributed by atoms with Crippen LogP contribution in [0.4, 0.5) is 0 Å². The summed E-state index contributed by atoms with van der Waals surface area (Å²) in [5, 5.41) is 7.84. The summed E-state index contributed by atoms with van der Waals surface area (Å²) in [6.45, 7) is 0. The Labute approximate surface area is 308 Å². The Morgan fingerprint density at radius 3 is 1.96 bits per heavy atom. The Bertz CT molecular complexity index is 3190. The van der Waals surface area contributed by atoms with Gasteiger partial charge in [0.05, 0.1) is 22.1 Å². The van der Waals surface area contributed by atoms with E-state index in [0.717, 1.165) is 6.42 Å². The smallest absolute Gasteiger partial charge is 0.0788 e. The molecular weight excluding hydrogens is 669 g/mol. The zero-order valence-electron chi connectivity index (χ0n) is 28.1. The minimum atomic E-state index is 0.296. The van der Waals surface area contributed by atoms with Crippen molar-refractivity contribution >= 4 is 92.6 Å². The van der Waals surface area contributed by atoms with Gasteiger partial charge in [0.15, 0.2) is 0 Å². The number of rotatable bonds is 3. The molecule has 1 unspecified atom stereocenters. The van der Waals surface area contributed by atoms with Crippen LogP contribution in [0.5, 0.6) is 0 Å². The number of hydrogen-bond acceptors (Lipinski definition) is 2. The molecule has 1 aliphatic heterocycles. The van der Waals surface area contributed by atoms with Crippen LogP contribution in [0.2, 0.25) is 0 Å². The van der Waals surface area contributed by atoms with Gasteiger partial charge in [-0.05, 0) is 82.6 Å². The summed E-state index contributed by atoms with van der Waals surface area (Å²) in [6.07, 6.45) is 5.73. The molecule has 12 rings (SSSR count). The van der Waals surface area contributed by atoms with Crippen LogP contribution in [0.15, 0.2) is 174 Å². The van der Waals surface area contributed by atoms with E-state index in [1.54, 1.807) is 0 Å². The highest BCUT2D eigenvalue weighted by molar-refractivity contribution is 8.03. The van der Waals surface area contributed by atoms with E-state index >= 15 is 0 Å². The molecule has 0 bridgehead atoms. The van der Waals surface area contributed by atoms with Gasteiger partial charge in [0.2, 0.25) is 0 Å². The van der Waals surface area contributed by atoms with E-state index in [0.29, 0.717) is 5.92 Å². The van der Waals surface area contributed by atoms with Gasteiger partial charge in [-0.2, -0.15) is 0 Å². The van der Waals surface area contributed by atoms with Gasteiger partial charge in [0.1, 0.15) is 0 Å². The number of benzene rings is 7. The molecule has 244 valence electrons. The van der Waals surface area contributed by atoms with Gasteiger partial charge in [-0.1, -0.05) is 121 Å². The number of nitrogens with zero attached hydrogens (tertiary/aromatic N) is 2. The summed E-state index contributed by atoms with van der Waals surface area (Å²) >= 11 is 3.85. The summed E-state index contributed by atoms with van der Waals surface area (Å²) < 4.78 is 7.77. The van der Waals surface area contributed by atoms with Gasteiger partial charge in [-0.25, -0.2) is 0 Å². The lowest BCUT2D eigenvalue weighted by Gasteiger charge is -2.23. The summed E-state index contributed by atoms with van der Waals surface area (Å²) in [5.41, 5.74) is 11.7. The van der Waals surface area contributed by atoms with Crippen LogP contribution in [0.1, 0.15) is 17.9 Å². The maximum Gasteiger partial charge on any atom is 0.0788 e. The van der Waals surface area contributed by atoms with E-state index in [1.165, 1.54) is 102 Å². The lowest BCUT2D eigenvalue weighted by molar-refractivity contribution is 0.825. The Kier molecular flexibility index (Phi) is 6.02. The zero-order valence-corrected chi connectivity index (χ0v) is 29.7. The summed E-state index contributed by atoms with van der Waals surface area (Å²) in [7, 11) is 0. The highest BCUT2D eigenvalue weighted by Gasteiger charge is 2.34. The summed E-state index contributed by atoms with van der Waals surface area (Å²) in [4.78, 5) is 2.83. The Morgan fingerprint density at radius 1 is 0.500 bits per heavy atom. The third kappa shape index (κ3) is 3.96. The van der Waals surface area contributed by atoms with Crippen molar-refractivity contribution in [3.8, 4) is 16.8 Å². The number of aromatic nitrogens is 2. The van der Waals surface area contributed by atoms with Crippen molar-refractivity contribution in [1.29, 1.82) is 0 Å². The number of fused-ring (bicyclic) bond motifs is 13. The second-order valence-electron chi connectivity index (χ2n) is 14.0. The van der Waals surface area contributed by atoms with Gasteiger partial charge in [-0.15, -0.1) is 11.3 Å². The average molecular weight is 699 g/mol. The fraction of sp³-hybridized carbons (Fsp3) is 0.0417. The minimum absolute atomic E-state index is 0.296. The molecule has 2 aliphatic rings. The van der Waals surface area contributed by atoms with Crippen LogP contribution in [0, 0.1) is 0 Å². The molecule has 0 fully saturated rings. The largest absolute Gasteiger partial charge is 0.311 e. The number of hydrogen-bond donors (Lipinski definition) is 0. The highest BCUT2D eigenvalue weighted by atomic mass is 32.2. The maximum absolute atomic E-state index is 2.59. The lowest BCUT2D eigenvalue weighted by atomic mass is 9.85. The first-order valence-corrected chi connectivity index (χ1v) is 19.6. The molecule has 4 heterocycles. The van der Waals surface area contributed by atoms with Gasteiger partial charge < -0.3 is 9.13 Å². The molecule has 0 saturated carbocycles. The third-order valence-electron chi connectivity index (χ3n) is 11.3. The standard InChI is InChI=1S/C48H30N2S2/c1-2-11-30(12-3-1)49-40-17-7-4-13-33(40)37-24-25-38-34-14-5-8-18-41(34)50(48(38)47(37)49)31-22-26-43-39(28-31)46-32(16-10-20-44(46)51-43)29-21-23-36-35-15-6-9-19-42(35)52-45(36)27-29/h1-27,39H,28H2. The van der Waals surface area contributed by atoms with Gasteiger partial charge >= 0.3 is 0 Å². The van der Waals surface area contributed by atoms with Crippen LogP contribution in [-0.4, -0.2) is 9.13 Å². The molecule has 0 N–H and O–H groups in total. The normalized spacial score (nSPS) is 15.6. The number of thioether (sulfide) groups is 1. The molecule has 0 spiro atoms. The molecule has 10 aromatic rings. The fourth-order valence-corrected chi connectivity index (χ4v) is 11.5. The van der Waals surface area contributed by atoms with Crippen LogP contribution >= 0.6 is 23.1 Å². The molecular formula is C48H30N2S2. The minimum Gasteiger partial charge on any atom is -0.311 e. The van der Waals surface area contributed by atoms with Crippen LogP contribution < -0.4 is 0 Å².